The third-order valence-electron chi connectivity index (χ3n) is 1.87. The summed E-state index contributed by atoms with van der Waals surface area (Å²) in [7, 11) is 0. The van der Waals surface area contributed by atoms with Crippen molar-refractivity contribution in [1.82, 2.24) is 4.98 Å². The third kappa shape index (κ3) is 11.4. The van der Waals surface area contributed by atoms with Crippen molar-refractivity contribution < 1.29 is 4.74 Å². The molecule has 0 aliphatic rings. The van der Waals surface area contributed by atoms with Gasteiger partial charge in [0.05, 0.1) is 0 Å². The van der Waals surface area contributed by atoms with E-state index in [1.54, 1.807) is 0 Å². The van der Waals surface area contributed by atoms with Crippen molar-refractivity contribution >= 4 is 0 Å². The molecular weight excluding hydrogens is 210 g/mol. The average molecular weight is 239 g/mol. The van der Waals surface area contributed by atoms with Gasteiger partial charge in [0.2, 0.25) is 0 Å². The fraction of sp³-hybridized carbons (Fsp3) is 0.667. The van der Waals surface area contributed by atoms with Crippen molar-refractivity contribution in [3.05, 3.63) is 29.6 Å². The number of nitrogens with zero attached hydrogens (tertiary/aromatic N) is 1. The van der Waals surface area contributed by atoms with Gasteiger partial charge in [0, 0.05) is 24.6 Å². The molecule has 1 aromatic heterocycles. The van der Waals surface area contributed by atoms with Crippen LogP contribution in [0.5, 0.6) is 0 Å². The summed E-state index contributed by atoms with van der Waals surface area (Å²) in [6.07, 6.45) is 2.08. The first-order chi connectivity index (χ1) is 8.33. The van der Waals surface area contributed by atoms with Crippen LogP contribution in [0, 0.1) is 6.92 Å². The van der Waals surface area contributed by atoms with E-state index >= 15 is 0 Å². The molecule has 0 spiro atoms. The van der Waals surface area contributed by atoms with Gasteiger partial charge < -0.3 is 4.74 Å². The summed E-state index contributed by atoms with van der Waals surface area (Å²) >= 11 is 0. The molecule has 1 aromatic rings. The lowest BCUT2D eigenvalue weighted by Crippen LogP contribution is -1.98. The van der Waals surface area contributed by atoms with E-state index in [4.69, 9.17) is 4.74 Å². The van der Waals surface area contributed by atoms with Gasteiger partial charge in [-0.15, -0.1) is 0 Å². The highest BCUT2D eigenvalue weighted by Crippen LogP contribution is 2.01. The second-order valence-corrected chi connectivity index (χ2v) is 3.07. The van der Waals surface area contributed by atoms with Crippen molar-refractivity contribution in [1.29, 1.82) is 0 Å². The fourth-order valence-corrected chi connectivity index (χ4v) is 1.24. The predicted molar refractivity (Wildman–Crippen MR) is 76.5 cm³/mol. The molecule has 0 saturated heterocycles. The minimum atomic E-state index is 0.807. The minimum Gasteiger partial charge on any atom is -0.382 e. The monoisotopic (exact) mass is 239 g/mol. The van der Waals surface area contributed by atoms with E-state index in [1.165, 1.54) is 5.69 Å². The molecule has 0 N–H and O–H groups in total. The van der Waals surface area contributed by atoms with E-state index in [0.29, 0.717) is 0 Å². The van der Waals surface area contributed by atoms with Gasteiger partial charge in [-0.05, 0) is 38.8 Å². The van der Waals surface area contributed by atoms with Crippen LogP contribution in [-0.2, 0) is 11.2 Å². The molecule has 17 heavy (non-hydrogen) atoms. The van der Waals surface area contributed by atoms with Crippen LogP contribution in [0.1, 0.15) is 52.4 Å². The summed E-state index contributed by atoms with van der Waals surface area (Å²) in [6.45, 7) is 13.7. The van der Waals surface area contributed by atoms with Gasteiger partial charge in [-0.1, -0.05) is 33.8 Å². The molecule has 0 aromatic carbocycles. The highest BCUT2D eigenvalue weighted by molar-refractivity contribution is 5.09. The van der Waals surface area contributed by atoms with Crippen LogP contribution in [0.3, 0.4) is 0 Å². The first kappa shape index (κ1) is 18.5. The SMILES string of the molecule is CC.CC.CCOCCCc1cccc(C)n1. The lowest BCUT2D eigenvalue weighted by molar-refractivity contribution is 0.145. The second-order valence-electron chi connectivity index (χ2n) is 3.07. The molecule has 0 bridgehead atoms. The number of pyridine rings is 1. The largest absolute Gasteiger partial charge is 0.382 e. The zero-order chi connectivity index (χ0) is 13.5. The maximum atomic E-state index is 5.26. The average Bonchev–Trinajstić information content (AvgIpc) is 2.40. The fourth-order valence-electron chi connectivity index (χ4n) is 1.24. The van der Waals surface area contributed by atoms with Crippen LogP contribution in [0.25, 0.3) is 0 Å². The van der Waals surface area contributed by atoms with E-state index in [2.05, 4.69) is 17.1 Å². The normalized spacial score (nSPS) is 8.59. The lowest BCUT2D eigenvalue weighted by Gasteiger charge is -2.01. The Hall–Kier alpha value is -0.890. The molecule has 0 aliphatic carbocycles. The molecular formula is C15H29NO. The Bertz CT molecular complexity index is 248. The number of ether oxygens (including phenoxy) is 1. The van der Waals surface area contributed by atoms with Crippen LogP contribution in [0.4, 0.5) is 0 Å². The third-order valence-corrected chi connectivity index (χ3v) is 1.87. The number of aromatic nitrogens is 1. The van der Waals surface area contributed by atoms with E-state index in [-0.39, 0.29) is 0 Å². The molecule has 0 unspecified atom stereocenters. The smallest absolute Gasteiger partial charge is 0.0469 e. The Morgan fingerprint density at radius 1 is 1.12 bits per heavy atom. The quantitative estimate of drug-likeness (QED) is 0.710. The highest BCUT2D eigenvalue weighted by Gasteiger charge is 1.94. The van der Waals surface area contributed by atoms with Gasteiger partial charge in [0.25, 0.3) is 0 Å². The summed E-state index contributed by atoms with van der Waals surface area (Å²) in [6, 6.07) is 6.14. The maximum Gasteiger partial charge on any atom is 0.0469 e. The van der Waals surface area contributed by atoms with Gasteiger partial charge in [-0.3, -0.25) is 4.98 Å². The van der Waals surface area contributed by atoms with Crippen LogP contribution in [0.15, 0.2) is 18.2 Å². The maximum absolute atomic E-state index is 5.26. The first-order valence-electron chi connectivity index (χ1n) is 6.83. The zero-order valence-electron chi connectivity index (χ0n) is 12.4. The van der Waals surface area contributed by atoms with Crippen molar-refractivity contribution in [3.63, 3.8) is 0 Å². The number of hydrogen-bond donors (Lipinski definition) is 0. The second kappa shape index (κ2) is 15.1. The standard InChI is InChI=1S/C11H17NO.2C2H6/c1-3-13-9-5-8-11-7-4-6-10(2)12-11;2*1-2/h4,6-7H,3,5,8-9H2,1-2H3;2*1-2H3. The van der Waals surface area contributed by atoms with Crippen molar-refractivity contribution in [2.75, 3.05) is 13.2 Å². The molecule has 0 aliphatic heterocycles. The van der Waals surface area contributed by atoms with E-state index in [1.807, 2.05) is 47.6 Å². The van der Waals surface area contributed by atoms with Gasteiger partial charge in [-0.2, -0.15) is 0 Å². The van der Waals surface area contributed by atoms with Gasteiger partial charge in [0.15, 0.2) is 0 Å². The Labute approximate surface area is 107 Å². The van der Waals surface area contributed by atoms with Crippen molar-refractivity contribution in [2.24, 2.45) is 0 Å². The van der Waals surface area contributed by atoms with Crippen LogP contribution < -0.4 is 0 Å². The van der Waals surface area contributed by atoms with Gasteiger partial charge in [0.1, 0.15) is 0 Å². The van der Waals surface area contributed by atoms with Crippen LogP contribution in [0.2, 0.25) is 0 Å². The molecule has 0 amide bonds. The number of aryl methyl sites for hydroxylation is 2. The first-order valence-corrected chi connectivity index (χ1v) is 6.83. The van der Waals surface area contributed by atoms with Gasteiger partial charge in [-0.25, -0.2) is 0 Å². The molecule has 100 valence electrons. The Morgan fingerprint density at radius 2 is 1.76 bits per heavy atom. The molecule has 1 rings (SSSR count). The molecule has 0 radical (unpaired) electrons. The summed E-state index contributed by atoms with van der Waals surface area (Å²) in [4.78, 5) is 4.42. The van der Waals surface area contributed by atoms with Crippen molar-refractivity contribution in [2.45, 2.75) is 54.4 Å². The number of rotatable bonds is 5. The summed E-state index contributed by atoms with van der Waals surface area (Å²) in [5.41, 5.74) is 2.26. The molecule has 2 nitrogen and oxygen atoms in total. The van der Waals surface area contributed by atoms with Crippen molar-refractivity contribution in [3.8, 4) is 0 Å². The molecule has 0 atom stereocenters. The summed E-state index contributed by atoms with van der Waals surface area (Å²) in [5, 5.41) is 0. The molecule has 0 saturated carbocycles. The van der Waals surface area contributed by atoms with E-state index in [9.17, 15) is 0 Å². The Kier molecular flexibility index (Phi) is 16.4. The number of hydrogen-bond acceptors (Lipinski definition) is 2. The minimum absolute atomic E-state index is 0.807. The topological polar surface area (TPSA) is 22.1 Å². The zero-order valence-corrected chi connectivity index (χ0v) is 12.4. The van der Waals surface area contributed by atoms with Gasteiger partial charge >= 0.3 is 0 Å². The Balaban J connectivity index is 0. The van der Waals surface area contributed by atoms with Crippen LogP contribution >= 0.6 is 0 Å². The van der Waals surface area contributed by atoms with Crippen LogP contribution in [-0.4, -0.2) is 18.2 Å². The van der Waals surface area contributed by atoms with E-state index < -0.39 is 0 Å². The summed E-state index contributed by atoms with van der Waals surface area (Å²) < 4.78 is 5.26. The molecule has 2 heteroatoms. The highest BCUT2D eigenvalue weighted by atomic mass is 16.5. The Morgan fingerprint density at radius 3 is 2.29 bits per heavy atom. The predicted octanol–water partition coefficient (Wildman–Crippen LogP) is 4.41. The molecule has 1 heterocycles. The summed E-state index contributed by atoms with van der Waals surface area (Å²) in [5.74, 6) is 0. The lowest BCUT2D eigenvalue weighted by atomic mass is 10.2. The van der Waals surface area contributed by atoms with E-state index in [0.717, 1.165) is 31.7 Å². The molecule has 0 fully saturated rings.